The van der Waals surface area contributed by atoms with Gasteiger partial charge in [0, 0.05) is 66.2 Å². The molecule has 0 saturated heterocycles. The molecule has 0 amide bonds. The van der Waals surface area contributed by atoms with Crippen LogP contribution in [0.25, 0.3) is 0 Å². The first-order chi connectivity index (χ1) is 6.93. The zero-order valence-corrected chi connectivity index (χ0v) is 15.7. The van der Waals surface area contributed by atoms with E-state index < -0.39 is 0 Å². The van der Waals surface area contributed by atoms with Gasteiger partial charge < -0.3 is 20.4 Å². The Balaban J connectivity index is -0.0000000369. The molecule has 0 atom stereocenters. The van der Waals surface area contributed by atoms with Crippen LogP contribution in [-0.4, -0.2) is 44.8 Å². The molecule has 0 aromatic carbocycles. The Morgan fingerprint density at radius 3 is 0.412 bits per heavy atom. The first kappa shape index (κ1) is 30.9. The Bertz CT molecular complexity index is 61.5. The van der Waals surface area contributed by atoms with E-state index in [9.17, 15) is 0 Å². The smallest absolute Gasteiger partial charge is 0.0483 e. The van der Waals surface area contributed by atoms with Gasteiger partial charge in [0.2, 0.25) is 0 Å². The van der Waals surface area contributed by atoms with Crippen LogP contribution in [0.4, 0.5) is 0 Å². The van der Waals surface area contributed by atoms with E-state index >= 15 is 0 Å². The standard InChI is InChI=1S/4C3H8O.Ce/c4*1-3(2)4;/h4*3-4H,1-2H3;. The Labute approximate surface area is 141 Å². The van der Waals surface area contributed by atoms with Crippen LogP contribution in [-0.2, 0) is 0 Å². The summed E-state index contributed by atoms with van der Waals surface area (Å²) >= 11 is 0. The molecule has 17 heavy (non-hydrogen) atoms. The SMILES string of the molecule is CC(C)O.CC(C)O.CC(C)O.CC(C)O.[Ce]. The molecule has 0 saturated carbocycles. The fraction of sp³-hybridized carbons (Fsp3) is 1.00. The maximum atomic E-state index is 8.06. The fourth-order valence-electron chi connectivity index (χ4n) is 0. The fourth-order valence-corrected chi connectivity index (χ4v) is 0. The molecule has 0 spiro atoms. The van der Waals surface area contributed by atoms with Gasteiger partial charge in [0.1, 0.15) is 0 Å². The first-order valence-corrected chi connectivity index (χ1v) is 5.65. The molecule has 0 aromatic heterocycles. The van der Waals surface area contributed by atoms with Crippen molar-refractivity contribution in [3.63, 3.8) is 0 Å². The van der Waals surface area contributed by atoms with E-state index in [1.54, 1.807) is 55.4 Å². The van der Waals surface area contributed by atoms with Gasteiger partial charge in [0.15, 0.2) is 0 Å². The number of hydrogen-bond donors (Lipinski definition) is 4. The van der Waals surface area contributed by atoms with Crippen LogP contribution in [0.2, 0.25) is 0 Å². The van der Waals surface area contributed by atoms with Crippen LogP contribution >= 0.6 is 0 Å². The summed E-state index contributed by atoms with van der Waals surface area (Å²) in [5.41, 5.74) is 0. The minimum Gasteiger partial charge on any atom is -0.394 e. The molecule has 0 unspecified atom stereocenters. The van der Waals surface area contributed by atoms with Crippen molar-refractivity contribution in [2.24, 2.45) is 0 Å². The van der Waals surface area contributed by atoms with E-state index in [1.807, 2.05) is 0 Å². The summed E-state index contributed by atoms with van der Waals surface area (Å²) in [4.78, 5) is 0. The van der Waals surface area contributed by atoms with Gasteiger partial charge in [-0.3, -0.25) is 0 Å². The zero-order valence-electron chi connectivity index (χ0n) is 12.6. The second-order valence-electron chi connectivity index (χ2n) is 4.37. The maximum absolute atomic E-state index is 8.06. The van der Waals surface area contributed by atoms with Crippen LogP contribution in [0.5, 0.6) is 0 Å². The number of aliphatic hydroxyl groups excluding tert-OH is 4. The van der Waals surface area contributed by atoms with Crippen molar-refractivity contribution in [1.82, 2.24) is 0 Å². The minimum absolute atomic E-state index is 0. The van der Waals surface area contributed by atoms with Crippen LogP contribution < -0.4 is 0 Å². The molecule has 4 N–H and O–H groups in total. The van der Waals surface area contributed by atoms with E-state index in [2.05, 4.69) is 0 Å². The molecule has 4 nitrogen and oxygen atoms in total. The number of aliphatic hydroxyl groups is 4. The van der Waals surface area contributed by atoms with E-state index in [4.69, 9.17) is 20.4 Å². The molecule has 0 bridgehead atoms. The molecule has 0 aliphatic carbocycles. The average molecular weight is 380 g/mol. The van der Waals surface area contributed by atoms with Gasteiger partial charge in [-0.1, -0.05) is 0 Å². The van der Waals surface area contributed by atoms with E-state index in [1.165, 1.54) is 0 Å². The van der Waals surface area contributed by atoms with Crippen LogP contribution in [0, 0.1) is 41.7 Å². The van der Waals surface area contributed by atoms with Gasteiger partial charge in [0.25, 0.3) is 0 Å². The van der Waals surface area contributed by atoms with Gasteiger partial charge >= 0.3 is 0 Å². The van der Waals surface area contributed by atoms with Crippen molar-refractivity contribution in [2.75, 3.05) is 0 Å². The summed E-state index contributed by atoms with van der Waals surface area (Å²) in [5.74, 6) is 0. The molecule has 0 rings (SSSR count). The summed E-state index contributed by atoms with van der Waals surface area (Å²) < 4.78 is 0. The monoisotopic (exact) mass is 380 g/mol. The normalized spacial score (nSPS) is 8.47. The van der Waals surface area contributed by atoms with Crippen molar-refractivity contribution in [3.05, 3.63) is 0 Å². The predicted octanol–water partition coefficient (Wildman–Crippen LogP) is 1.55. The molecule has 0 radical (unpaired) electrons. The van der Waals surface area contributed by atoms with Gasteiger partial charge in [-0.25, -0.2) is 0 Å². The third kappa shape index (κ3) is 2690. The molecule has 0 aliphatic rings. The number of rotatable bonds is 0. The van der Waals surface area contributed by atoms with E-state index in [-0.39, 0.29) is 66.2 Å². The minimum atomic E-state index is -0.167. The Morgan fingerprint density at radius 2 is 0.412 bits per heavy atom. The van der Waals surface area contributed by atoms with Gasteiger partial charge in [0.05, 0.1) is 0 Å². The van der Waals surface area contributed by atoms with Crippen molar-refractivity contribution in [3.8, 4) is 0 Å². The average Bonchev–Trinajstić information content (AvgIpc) is 1.76. The second kappa shape index (κ2) is 25.9. The second-order valence-corrected chi connectivity index (χ2v) is 4.37. The third-order valence-corrected chi connectivity index (χ3v) is 0. The summed E-state index contributed by atoms with van der Waals surface area (Å²) in [6.07, 6.45) is -0.667. The summed E-state index contributed by atoms with van der Waals surface area (Å²) in [7, 11) is 0. The van der Waals surface area contributed by atoms with Crippen molar-refractivity contribution >= 4 is 0 Å². The number of hydrogen-bond acceptors (Lipinski definition) is 4. The van der Waals surface area contributed by atoms with Crippen molar-refractivity contribution < 1.29 is 62.2 Å². The molecule has 0 aromatic rings. The molecule has 0 aliphatic heterocycles. The molecule has 0 fully saturated rings. The van der Waals surface area contributed by atoms with Gasteiger partial charge in [-0.15, -0.1) is 0 Å². The molecular weight excluding hydrogens is 348 g/mol. The van der Waals surface area contributed by atoms with E-state index in [0.717, 1.165) is 0 Å². The first-order valence-electron chi connectivity index (χ1n) is 5.65. The topological polar surface area (TPSA) is 80.9 Å². The molecule has 5 heteroatoms. The van der Waals surface area contributed by atoms with Crippen LogP contribution in [0.3, 0.4) is 0 Å². The van der Waals surface area contributed by atoms with Crippen LogP contribution in [0.1, 0.15) is 55.4 Å². The van der Waals surface area contributed by atoms with Crippen molar-refractivity contribution in [1.29, 1.82) is 0 Å². The maximum Gasteiger partial charge on any atom is 0.0483 e. The van der Waals surface area contributed by atoms with E-state index in [0.29, 0.717) is 0 Å². The largest absolute Gasteiger partial charge is 0.394 e. The van der Waals surface area contributed by atoms with Gasteiger partial charge in [-0.2, -0.15) is 0 Å². The van der Waals surface area contributed by atoms with Gasteiger partial charge in [-0.05, 0) is 55.4 Å². The van der Waals surface area contributed by atoms with Crippen molar-refractivity contribution in [2.45, 2.75) is 79.8 Å². The van der Waals surface area contributed by atoms with Crippen LogP contribution in [0.15, 0.2) is 0 Å². The third-order valence-electron chi connectivity index (χ3n) is 0. The summed E-state index contributed by atoms with van der Waals surface area (Å²) in [6, 6.07) is 0. The zero-order chi connectivity index (χ0) is 14.3. The summed E-state index contributed by atoms with van der Waals surface area (Å²) in [5, 5.41) is 32.2. The Hall–Kier alpha value is 1.22. The summed E-state index contributed by atoms with van der Waals surface area (Å²) in [6.45, 7) is 13.8. The Morgan fingerprint density at radius 1 is 0.412 bits per heavy atom. The Kier molecular flexibility index (Phi) is 47.1. The molecule has 108 valence electrons. The quantitative estimate of drug-likeness (QED) is 0.514. The molecule has 0 heterocycles. The predicted molar refractivity (Wildman–Crippen MR) is 69.4 cm³/mol. The molecular formula is C12H32CeO4.